The summed E-state index contributed by atoms with van der Waals surface area (Å²) in [7, 11) is 0. The van der Waals surface area contributed by atoms with E-state index in [2.05, 4.69) is 28.6 Å². The Kier molecular flexibility index (Phi) is 4.98. The quantitative estimate of drug-likeness (QED) is 0.837. The highest BCUT2D eigenvalue weighted by molar-refractivity contribution is 5.73. The molecule has 0 radical (unpaired) electrons. The molecule has 2 heterocycles. The second-order valence-electron chi connectivity index (χ2n) is 5.33. The fourth-order valence-electron chi connectivity index (χ4n) is 2.61. The van der Waals surface area contributed by atoms with E-state index in [9.17, 15) is 4.79 Å². The number of nitrogens with zero attached hydrogens (tertiary/aromatic N) is 5. The number of hydrogen-bond donors (Lipinski definition) is 0. The first kappa shape index (κ1) is 15.5. The number of aromatic nitrogens is 2. The van der Waals surface area contributed by atoms with E-state index in [0.29, 0.717) is 0 Å². The number of rotatable bonds is 4. The molecule has 21 heavy (non-hydrogen) atoms. The van der Waals surface area contributed by atoms with Crippen molar-refractivity contribution in [3.63, 3.8) is 0 Å². The number of aryl methyl sites for hydroxylation is 1. The van der Waals surface area contributed by atoms with Gasteiger partial charge in [0.1, 0.15) is 5.82 Å². The van der Waals surface area contributed by atoms with Gasteiger partial charge in [-0.1, -0.05) is 0 Å². The zero-order chi connectivity index (χ0) is 15.4. The molecule has 6 nitrogen and oxygen atoms in total. The monoisotopic (exact) mass is 291 g/mol. The Bertz CT molecular complexity index is 493. The first-order chi connectivity index (χ1) is 10.0. The molecule has 116 valence electrons. The summed E-state index contributed by atoms with van der Waals surface area (Å²) in [6.45, 7) is 12.8. The Morgan fingerprint density at radius 3 is 2.33 bits per heavy atom. The molecule has 1 fully saturated rings. The van der Waals surface area contributed by atoms with Crippen molar-refractivity contribution < 1.29 is 4.79 Å². The third kappa shape index (κ3) is 3.62. The molecule has 0 aromatic carbocycles. The zero-order valence-electron chi connectivity index (χ0n) is 13.5. The lowest BCUT2D eigenvalue weighted by Gasteiger charge is -2.34. The van der Waals surface area contributed by atoms with Gasteiger partial charge in [-0.05, 0) is 20.8 Å². The smallest absolute Gasteiger partial charge is 0.227 e. The SMILES string of the molecule is CCN(CC)c1cc(C)nc(N2CCN(C(C)=O)CC2)n1. The molecule has 1 aromatic heterocycles. The van der Waals surface area contributed by atoms with Crippen molar-refractivity contribution in [2.75, 3.05) is 49.1 Å². The van der Waals surface area contributed by atoms with Gasteiger partial charge in [-0.25, -0.2) is 4.98 Å². The van der Waals surface area contributed by atoms with E-state index in [1.165, 1.54) is 0 Å². The molecular formula is C15H25N5O. The van der Waals surface area contributed by atoms with Gasteiger partial charge in [0.2, 0.25) is 11.9 Å². The summed E-state index contributed by atoms with van der Waals surface area (Å²) >= 11 is 0. The lowest BCUT2D eigenvalue weighted by atomic mass is 10.3. The van der Waals surface area contributed by atoms with E-state index in [0.717, 1.165) is 56.7 Å². The maximum absolute atomic E-state index is 11.4. The van der Waals surface area contributed by atoms with Crippen molar-refractivity contribution in [2.45, 2.75) is 27.7 Å². The number of carbonyl (C=O) groups is 1. The number of amides is 1. The van der Waals surface area contributed by atoms with Crippen molar-refractivity contribution in [3.05, 3.63) is 11.8 Å². The van der Waals surface area contributed by atoms with Crippen LogP contribution in [0.15, 0.2) is 6.07 Å². The molecule has 0 atom stereocenters. The molecular weight excluding hydrogens is 266 g/mol. The molecule has 0 N–H and O–H groups in total. The number of carbonyl (C=O) groups excluding carboxylic acids is 1. The van der Waals surface area contributed by atoms with Crippen LogP contribution in [-0.2, 0) is 4.79 Å². The average Bonchev–Trinajstić information content (AvgIpc) is 2.48. The Morgan fingerprint density at radius 1 is 1.19 bits per heavy atom. The lowest BCUT2D eigenvalue weighted by Crippen LogP contribution is -2.48. The summed E-state index contributed by atoms with van der Waals surface area (Å²) in [6, 6.07) is 2.03. The van der Waals surface area contributed by atoms with Gasteiger partial charge < -0.3 is 14.7 Å². The maximum atomic E-state index is 11.4. The van der Waals surface area contributed by atoms with Crippen LogP contribution in [0.25, 0.3) is 0 Å². The van der Waals surface area contributed by atoms with E-state index in [1.54, 1.807) is 6.92 Å². The normalized spacial score (nSPS) is 15.2. The van der Waals surface area contributed by atoms with Gasteiger partial charge in [0.15, 0.2) is 0 Å². The van der Waals surface area contributed by atoms with Crippen LogP contribution < -0.4 is 9.80 Å². The third-order valence-electron chi connectivity index (χ3n) is 3.92. The lowest BCUT2D eigenvalue weighted by molar-refractivity contribution is -0.129. The van der Waals surface area contributed by atoms with Crippen molar-refractivity contribution in [1.29, 1.82) is 0 Å². The van der Waals surface area contributed by atoms with E-state index < -0.39 is 0 Å². The molecule has 1 amide bonds. The molecule has 1 aliphatic rings. The number of anilines is 2. The van der Waals surface area contributed by atoms with E-state index in [-0.39, 0.29) is 5.91 Å². The Labute approximate surface area is 126 Å². The molecule has 0 spiro atoms. The van der Waals surface area contributed by atoms with Gasteiger partial charge >= 0.3 is 0 Å². The van der Waals surface area contributed by atoms with Gasteiger partial charge in [0.25, 0.3) is 0 Å². The first-order valence-corrected chi connectivity index (χ1v) is 7.66. The summed E-state index contributed by atoms with van der Waals surface area (Å²) in [5.74, 6) is 1.90. The predicted molar refractivity (Wildman–Crippen MR) is 84.8 cm³/mol. The minimum absolute atomic E-state index is 0.142. The standard InChI is InChI=1S/C15H25N5O/c1-5-18(6-2)14-11-12(3)16-15(17-14)20-9-7-19(8-10-20)13(4)21/h11H,5-10H2,1-4H3. The maximum Gasteiger partial charge on any atom is 0.227 e. The second-order valence-corrected chi connectivity index (χ2v) is 5.33. The number of piperazine rings is 1. The van der Waals surface area contributed by atoms with Crippen LogP contribution in [0.2, 0.25) is 0 Å². The molecule has 1 saturated heterocycles. The fourth-order valence-corrected chi connectivity index (χ4v) is 2.61. The summed E-state index contributed by atoms with van der Waals surface area (Å²) in [5, 5.41) is 0. The molecule has 6 heteroatoms. The third-order valence-corrected chi connectivity index (χ3v) is 3.92. The Balaban J connectivity index is 2.15. The van der Waals surface area contributed by atoms with Gasteiger partial charge in [0, 0.05) is 58.0 Å². The molecule has 1 aromatic rings. The van der Waals surface area contributed by atoms with Gasteiger partial charge in [-0.3, -0.25) is 4.79 Å². The topological polar surface area (TPSA) is 52.6 Å². The summed E-state index contributed by atoms with van der Waals surface area (Å²) in [6.07, 6.45) is 0. The average molecular weight is 291 g/mol. The zero-order valence-corrected chi connectivity index (χ0v) is 13.5. The minimum atomic E-state index is 0.142. The van der Waals surface area contributed by atoms with Crippen LogP contribution >= 0.6 is 0 Å². The van der Waals surface area contributed by atoms with E-state index >= 15 is 0 Å². The summed E-state index contributed by atoms with van der Waals surface area (Å²) < 4.78 is 0. The highest BCUT2D eigenvalue weighted by Crippen LogP contribution is 2.18. The van der Waals surface area contributed by atoms with E-state index in [1.807, 2.05) is 17.9 Å². The van der Waals surface area contributed by atoms with Crippen molar-refractivity contribution in [3.8, 4) is 0 Å². The molecule has 0 saturated carbocycles. The van der Waals surface area contributed by atoms with Crippen LogP contribution in [0.3, 0.4) is 0 Å². The molecule has 1 aliphatic heterocycles. The van der Waals surface area contributed by atoms with E-state index in [4.69, 9.17) is 4.98 Å². The summed E-state index contributed by atoms with van der Waals surface area (Å²) in [5.41, 5.74) is 0.982. The van der Waals surface area contributed by atoms with Crippen LogP contribution in [-0.4, -0.2) is 60.0 Å². The highest BCUT2D eigenvalue weighted by atomic mass is 16.2. The van der Waals surface area contributed by atoms with Gasteiger partial charge in [-0.2, -0.15) is 4.98 Å². The molecule has 0 bridgehead atoms. The van der Waals surface area contributed by atoms with Gasteiger partial charge in [-0.15, -0.1) is 0 Å². The van der Waals surface area contributed by atoms with Crippen molar-refractivity contribution >= 4 is 17.7 Å². The highest BCUT2D eigenvalue weighted by Gasteiger charge is 2.21. The minimum Gasteiger partial charge on any atom is -0.357 e. The molecule has 2 rings (SSSR count). The Hall–Kier alpha value is -1.85. The van der Waals surface area contributed by atoms with Crippen LogP contribution in [0.5, 0.6) is 0 Å². The molecule has 0 unspecified atom stereocenters. The Morgan fingerprint density at radius 2 is 1.81 bits per heavy atom. The van der Waals surface area contributed by atoms with Crippen LogP contribution in [0, 0.1) is 6.92 Å². The molecule has 0 aliphatic carbocycles. The second kappa shape index (κ2) is 6.74. The van der Waals surface area contributed by atoms with Crippen molar-refractivity contribution in [1.82, 2.24) is 14.9 Å². The largest absolute Gasteiger partial charge is 0.357 e. The first-order valence-electron chi connectivity index (χ1n) is 7.66. The van der Waals surface area contributed by atoms with Crippen LogP contribution in [0.4, 0.5) is 11.8 Å². The van der Waals surface area contributed by atoms with Crippen LogP contribution in [0.1, 0.15) is 26.5 Å². The summed E-state index contributed by atoms with van der Waals surface area (Å²) in [4.78, 5) is 26.9. The fraction of sp³-hybridized carbons (Fsp3) is 0.667. The predicted octanol–water partition coefficient (Wildman–Crippen LogP) is 1.30. The van der Waals surface area contributed by atoms with Crippen molar-refractivity contribution in [2.24, 2.45) is 0 Å². The number of hydrogen-bond acceptors (Lipinski definition) is 5. The van der Waals surface area contributed by atoms with Gasteiger partial charge in [0.05, 0.1) is 0 Å².